The smallest absolute Gasteiger partial charge is 0.237 e. The summed E-state index contributed by atoms with van der Waals surface area (Å²) in [6, 6.07) is 16.6. The van der Waals surface area contributed by atoms with E-state index in [1.54, 1.807) is 37.7 Å². The lowest BCUT2D eigenvalue weighted by molar-refractivity contribution is -0.115. The predicted octanol–water partition coefficient (Wildman–Crippen LogP) is 4.19. The third kappa shape index (κ3) is 4.40. The highest BCUT2D eigenvalue weighted by Gasteiger charge is 2.23. The first-order valence-electron chi connectivity index (χ1n) is 10.5. The molecule has 0 fully saturated rings. The Balaban J connectivity index is 1.41. The molecular weight excluding hydrogens is 454 g/mol. The monoisotopic (exact) mass is 475 g/mol. The summed E-state index contributed by atoms with van der Waals surface area (Å²) in [7, 11) is 1.62. The van der Waals surface area contributed by atoms with Crippen molar-refractivity contribution in [1.29, 1.82) is 0 Å². The van der Waals surface area contributed by atoms with Gasteiger partial charge in [0.05, 0.1) is 12.4 Å². The number of ether oxygens (including phenoxy) is 3. The van der Waals surface area contributed by atoms with Gasteiger partial charge in [0.1, 0.15) is 5.75 Å². The van der Waals surface area contributed by atoms with Gasteiger partial charge in [0.25, 0.3) is 0 Å². The molecule has 1 aliphatic heterocycles. The molecular formula is C24H21N5O4S. The molecule has 1 amide bonds. The van der Waals surface area contributed by atoms with E-state index in [1.165, 1.54) is 11.8 Å². The van der Waals surface area contributed by atoms with Gasteiger partial charge < -0.3 is 19.5 Å². The van der Waals surface area contributed by atoms with Crippen molar-refractivity contribution in [2.75, 3.05) is 19.2 Å². The third-order valence-corrected chi connectivity index (χ3v) is 6.24. The van der Waals surface area contributed by atoms with Crippen LogP contribution in [0.2, 0.25) is 0 Å². The number of pyridine rings is 1. The number of carbonyl (C=O) groups excluding carboxylic acids is 1. The Hall–Kier alpha value is -4.05. The molecule has 10 heteroatoms. The van der Waals surface area contributed by atoms with Crippen molar-refractivity contribution in [3.05, 3.63) is 67.0 Å². The summed E-state index contributed by atoms with van der Waals surface area (Å²) in [4.78, 5) is 17.0. The number of rotatable bonds is 7. The van der Waals surface area contributed by atoms with E-state index in [4.69, 9.17) is 14.2 Å². The van der Waals surface area contributed by atoms with E-state index < -0.39 is 5.25 Å². The number of benzene rings is 2. The molecule has 1 atom stereocenters. The lowest BCUT2D eigenvalue weighted by Crippen LogP contribution is -2.22. The number of nitrogens with one attached hydrogen (secondary N) is 1. The fourth-order valence-electron chi connectivity index (χ4n) is 3.43. The largest absolute Gasteiger partial charge is 0.497 e. The molecule has 4 aromatic rings. The molecule has 0 saturated heterocycles. The Bertz CT molecular complexity index is 1310. The van der Waals surface area contributed by atoms with Crippen molar-refractivity contribution in [2.24, 2.45) is 0 Å². The van der Waals surface area contributed by atoms with Gasteiger partial charge >= 0.3 is 0 Å². The average molecular weight is 476 g/mol. The molecule has 0 radical (unpaired) electrons. The molecule has 34 heavy (non-hydrogen) atoms. The molecule has 2 aromatic heterocycles. The van der Waals surface area contributed by atoms with Crippen LogP contribution in [0.3, 0.4) is 0 Å². The van der Waals surface area contributed by atoms with E-state index in [0.29, 0.717) is 28.2 Å². The van der Waals surface area contributed by atoms with Gasteiger partial charge in [-0.25, -0.2) is 0 Å². The fraction of sp³-hybridized carbons (Fsp3) is 0.167. The van der Waals surface area contributed by atoms with Crippen LogP contribution in [0.4, 0.5) is 5.69 Å². The van der Waals surface area contributed by atoms with Crippen LogP contribution in [0.15, 0.2) is 72.1 Å². The molecule has 0 aliphatic carbocycles. The first-order valence-corrected chi connectivity index (χ1v) is 11.4. The summed E-state index contributed by atoms with van der Waals surface area (Å²) in [5.41, 5.74) is 2.35. The van der Waals surface area contributed by atoms with E-state index in [0.717, 1.165) is 17.0 Å². The summed E-state index contributed by atoms with van der Waals surface area (Å²) in [5, 5.41) is 11.9. The summed E-state index contributed by atoms with van der Waals surface area (Å²) in [6.07, 6.45) is 3.41. The van der Waals surface area contributed by atoms with E-state index >= 15 is 0 Å². The van der Waals surface area contributed by atoms with Crippen LogP contribution < -0.4 is 19.5 Å². The van der Waals surface area contributed by atoms with Crippen molar-refractivity contribution >= 4 is 23.4 Å². The highest BCUT2D eigenvalue weighted by molar-refractivity contribution is 8.00. The normalized spacial score (nSPS) is 12.9. The van der Waals surface area contributed by atoms with Crippen molar-refractivity contribution in [3.63, 3.8) is 0 Å². The van der Waals surface area contributed by atoms with Crippen LogP contribution in [-0.2, 0) is 4.79 Å². The summed E-state index contributed by atoms with van der Waals surface area (Å²) >= 11 is 1.32. The fourth-order valence-corrected chi connectivity index (χ4v) is 4.30. The first kappa shape index (κ1) is 21.8. The van der Waals surface area contributed by atoms with Gasteiger partial charge in [-0.15, -0.1) is 10.2 Å². The Morgan fingerprint density at radius 3 is 2.59 bits per heavy atom. The number of fused-ring (bicyclic) bond motifs is 1. The number of hydrogen-bond donors (Lipinski definition) is 1. The molecule has 0 spiro atoms. The second-order valence-electron chi connectivity index (χ2n) is 7.39. The molecule has 1 unspecified atom stereocenters. The number of nitrogens with zero attached hydrogens (tertiary/aromatic N) is 4. The van der Waals surface area contributed by atoms with Crippen LogP contribution in [-0.4, -0.2) is 44.8 Å². The molecule has 3 heterocycles. The summed E-state index contributed by atoms with van der Waals surface area (Å²) in [6.45, 7) is 2.01. The van der Waals surface area contributed by atoms with Gasteiger partial charge in [0, 0.05) is 35.4 Å². The Kier molecular flexibility index (Phi) is 6.05. The highest BCUT2D eigenvalue weighted by atomic mass is 32.2. The van der Waals surface area contributed by atoms with Crippen LogP contribution in [0, 0.1) is 0 Å². The highest BCUT2D eigenvalue weighted by Crippen LogP contribution is 2.35. The minimum absolute atomic E-state index is 0.168. The third-order valence-electron chi connectivity index (χ3n) is 5.19. The van der Waals surface area contributed by atoms with Crippen LogP contribution in [0.25, 0.3) is 17.1 Å². The van der Waals surface area contributed by atoms with Crippen molar-refractivity contribution in [3.8, 4) is 34.3 Å². The van der Waals surface area contributed by atoms with Gasteiger partial charge in [-0.2, -0.15) is 0 Å². The molecule has 0 saturated carbocycles. The lowest BCUT2D eigenvalue weighted by atomic mass is 10.2. The average Bonchev–Trinajstić information content (AvgIpc) is 3.51. The molecule has 1 N–H and O–H groups in total. The predicted molar refractivity (Wildman–Crippen MR) is 128 cm³/mol. The summed E-state index contributed by atoms with van der Waals surface area (Å²) in [5.74, 6) is 2.50. The Morgan fingerprint density at radius 1 is 1.06 bits per heavy atom. The zero-order chi connectivity index (χ0) is 23.5. The van der Waals surface area contributed by atoms with Gasteiger partial charge in [-0.1, -0.05) is 11.8 Å². The Labute approximate surface area is 200 Å². The number of aromatic nitrogens is 4. The van der Waals surface area contributed by atoms with Crippen LogP contribution >= 0.6 is 11.8 Å². The van der Waals surface area contributed by atoms with Gasteiger partial charge in [-0.3, -0.25) is 14.3 Å². The molecule has 1 aliphatic rings. The van der Waals surface area contributed by atoms with E-state index in [-0.39, 0.29) is 12.7 Å². The molecule has 172 valence electrons. The second kappa shape index (κ2) is 9.44. The lowest BCUT2D eigenvalue weighted by Gasteiger charge is -2.14. The maximum Gasteiger partial charge on any atom is 0.237 e. The number of anilines is 1. The van der Waals surface area contributed by atoms with Crippen molar-refractivity contribution < 1.29 is 19.0 Å². The maximum absolute atomic E-state index is 12.9. The topological polar surface area (TPSA) is 100 Å². The van der Waals surface area contributed by atoms with Crippen molar-refractivity contribution in [1.82, 2.24) is 19.7 Å². The first-order chi connectivity index (χ1) is 16.6. The zero-order valence-corrected chi connectivity index (χ0v) is 19.3. The van der Waals surface area contributed by atoms with E-state index in [1.807, 2.05) is 47.9 Å². The number of methoxy groups -OCH3 is 1. The number of hydrogen-bond acceptors (Lipinski definition) is 8. The zero-order valence-electron chi connectivity index (χ0n) is 18.5. The molecule has 2 aromatic carbocycles. The SMILES string of the molecule is COc1ccc(-n2c(SC(C)C(=O)Nc3ccc4c(c3)OCO4)nnc2-c2ccncc2)cc1. The van der Waals surface area contributed by atoms with Crippen molar-refractivity contribution in [2.45, 2.75) is 17.3 Å². The molecule has 5 rings (SSSR count). The van der Waals surface area contributed by atoms with Gasteiger partial charge in [-0.05, 0) is 55.5 Å². The van der Waals surface area contributed by atoms with Gasteiger partial charge in [0.15, 0.2) is 22.5 Å². The number of amides is 1. The van der Waals surface area contributed by atoms with Crippen LogP contribution in [0.1, 0.15) is 6.92 Å². The quantitative estimate of drug-likeness (QED) is 0.397. The summed E-state index contributed by atoms with van der Waals surface area (Å²) < 4.78 is 17.9. The second-order valence-corrected chi connectivity index (χ2v) is 8.70. The van der Waals surface area contributed by atoms with Gasteiger partial charge in [0.2, 0.25) is 12.7 Å². The Morgan fingerprint density at radius 2 is 1.82 bits per heavy atom. The minimum Gasteiger partial charge on any atom is -0.497 e. The van der Waals surface area contributed by atoms with E-state index in [9.17, 15) is 4.79 Å². The van der Waals surface area contributed by atoms with E-state index in [2.05, 4.69) is 20.5 Å². The number of thioether (sulfide) groups is 1. The minimum atomic E-state index is -0.447. The molecule has 0 bridgehead atoms. The van der Waals surface area contributed by atoms with Crippen LogP contribution in [0.5, 0.6) is 17.2 Å². The maximum atomic E-state index is 12.9. The molecule has 9 nitrogen and oxygen atoms in total. The number of carbonyl (C=O) groups is 1. The standard InChI is InChI=1S/C24H21N5O4S/c1-15(23(30)26-17-3-8-20-21(13-17)33-14-32-20)34-24-28-27-22(16-9-11-25-12-10-16)29(24)18-4-6-19(31-2)7-5-18/h3-13,15H,14H2,1-2H3,(H,26,30).